The molecule has 13 heavy (non-hydrogen) atoms. The number of rotatable bonds is 2. The van der Waals surface area contributed by atoms with E-state index in [1.54, 1.807) is 0 Å². The van der Waals surface area contributed by atoms with Crippen LogP contribution in [0.1, 0.15) is 11.1 Å². The van der Waals surface area contributed by atoms with Crippen molar-refractivity contribution < 1.29 is 9.87 Å². The molecular weight excluding hydrogens is 168 g/mol. The molecule has 0 amide bonds. The summed E-state index contributed by atoms with van der Waals surface area (Å²) < 4.78 is 13.0. The van der Waals surface area contributed by atoms with Crippen LogP contribution in [0.5, 0.6) is 0 Å². The van der Waals surface area contributed by atoms with Crippen LogP contribution in [0.4, 0.5) is 4.39 Å². The van der Waals surface area contributed by atoms with Gasteiger partial charge in [-0.2, -0.15) is 0 Å². The van der Waals surface area contributed by atoms with Crippen molar-refractivity contribution in [3.63, 3.8) is 0 Å². The molecular formula is C9H9BFNO. The maximum Gasteiger partial charge on any atom is 0.132 e. The van der Waals surface area contributed by atoms with Crippen LogP contribution in [0.3, 0.4) is 0 Å². The molecule has 1 rings (SSSR count). The van der Waals surface area contributed by atoms with Crippen molar-refractivity contribution >= 4 is 25.6 Å². The van der Waals surface area contributed by atoms with Crippen molar-refractivity contribution in [3.05, 3.63) is 35.7 Å². The van der Waals surface area contributed by atoms with E-state index in [2.05, 4.69) is 6.58 Å². The van der Waals surface area contributed by atoms with Gasteiger partial charge in [0, 0.05) is 11.8 Å². The zero-order valence-corrected chi connectivity index (χ0v) is 6.97. The zero-order chi connectivity index (χ0) is 9.14. The number of halogens is 1. The van der Waals surface area contributed by atoms with E-state index in [1.165, 1.54) is 18.2 Å². The van der Waals surface area contributed by atoms with Gasteiger partial charge in [-0.05, 0) is 11.6 Å². The van der Waals surface area contributed by atoms with Gasteiger partial charge in [0.2, 0.25) is 0 Å². The largest absolute Gasteiger partial charge is 0.412 e. The van der Waals surface area contributed by atoms with Gasteiger partial charge in [-0.3, -0.25) is 0 Å². The van der Waals surface area contributed by atoms with Gasteiger partial charge in [-0.1, -0.05) is 24.2 Å². The molecule has 0 aliphatic carbocycles. The Hall–Kier alpha value is -1.42. The maximum absolute atomic E-state index is 13.0. The summed E-state index contributed by atoms with van der Waals surface area (Å²) in [6, 6.07) is 2.70. The first kappa shape index (κ1) is 11.6. The first-order valence-corrected chi connectivity index (χ1v) is 3.41. The number of hydrogen-bond donors (Lipinski definition) is 1. The Labute approximate surface area is 77.3 Å². The van der Waals surface area contributed by atoms with Gasteiger partial charge in [-0.25, -0.2) is 4.39 Å². The van der Waals surface area contributed by atoms with Gasteiger partial charge < -0.3 is 10.9 Å². The predicted molar refractivity (Wildman–Crippen MR) is 53.4 cm³/mol. The van der Waals surface area contributed by atoms with Gasteiger partial charge in [-0.15, -0.1) is 0 Å². The number of benzene rings is 1. The normalized spacial score (nSPS) is 8.69. The molecule has 0 fully saturated rings. The highest BCUT2D eigenvalue weighted by Gasteiger charge is 2.04. The van der Waals surface area contributed by atoms with E-state index in [0.717, 1.165) is 6.21 Å². The fourth-order valence-corrected chi connectivity index (χ4v) is 1.00. The highest BCUT2D eigenvalue weighted by Crippen LogP contribution is 2.09. The molecule has 0 unspecified atom stereocenters. The Kier molecular flexibility index (Phi) is 4.07. The molecule has 0 bridgehead atoms. The van der Waals surface area contributed by atoms with Gasteiger partial charge >= 0.3 is 0 Å². The summed E-state index contributed by atoms with van der Waals surface area (Å²) in [6.07, 6.45) is 2.38. The Balaban J connectivity index is 0.00000144. The molecule has 0 aliphatic heterocycles. The average Bonchev–Trinajstić information content (AvgIpc) is 2.08. The predicted octanol–water partition coefficient (Wildman–Crippen LogP) is 0.435. The highest BCUT2D eigenvalue weighted by molar-refractivity contribution is 6.34. The highest BCUT2D eigenvalue weighted by atomic mass is 19.1. The monoisotopic (exact) mass is 177 g/mol. The average molecular weight is 177 g/mol. The van der Waals surface area contributed by atoms with Crippen LogP contribution in [0.25, 0.3) is 6.08 Å². The third-order valence-electron chi connectivity index (χ3n) is 1.62. The summed E-state index contributed by atoms with van der Waals surface area (Å²) in [5, 5.41) is 6.96. The lowest BCUT2D eigenvalue weighted by Gasteiger charge is -2.05. The van der Waals surface area contributed by atoms with Crippen LogP contribution in [0.2, 0.25) is 0 Å². The van der Waals surface area contributed by atoms with Crippen molar-refractivity contribution in [3.8, 4) is 0 Å². The maximum atomic E-state index is 13.0. The number of hydrogen-bond acceptors (Lipinski definition) is 1. The summed E-state index contributed by atoms with van der Waals surface area (Å²) >= 11 is 0. The summed E-state index contributed by atoms with van der Waals surface area (Å²) in [5.41, 5.74) is 1.10. The Morgan fingerprint density at radius 2 is 2.00 bits per heavy atom. The summed E-state index contributed by atoms with van der Waals surface area (Å²) in [6.45, 7) is 3.49. The Bertz CT molecular complexity index is 306. The van der Waals surface area contributed by atoms with E-state index < -0.39 is 5.82 Å². The molecule has 66 valence electrons. The molecule has 0 saturated heterocycles. The van der Waals surface area contributed by atoms with Gasteiger partial charge in [0.25, 0.3) is 0 Å². The van der Waals surface area contributed by atoms with Gasteiger partial charge in [0.05, 0.1) is 0 Å². The van der Waals surface area contributed by atoms with E-state index in [4.69, 9.17) is 13.3 Å². The number of nitrogens with one attached hydrogen (secondary N) is 1. The summed E-state index contributed by atoms with van der Waals surface area (Å²) in [5.74, 6) is -0.450. The minimum Gasteiger partial charge on any atom is -0.412 e. The summed E-state index contributed by atoms with van der Waals surface area (Å²) in [7, 11) is 5.54. The molecule has 2 nitrogen and oxygen atoms in total. The Morgan fingerprint density at radius 1 is 1.38 bits per heavy atom. The second-order valence-corrected chi connectivity index (χ2v) is 2.31. The van der Waals surface area contributed by atoms with Crippen molar-refractivity contribution in [2.45, 2.75) is 0 Å². The lowest BCUT2D eigenvalue weighted by molar-refractivity contribution is 0.626. The van der Waals surface area contributed by atoms with Crippen LogP contribution in [-0.4, -0.2) is 19.5 Å². The van der Waals surface area contributed by atoms with Crippen molar-refractivity contribution in [2.75, 3.05) is 0 Å². The topological polar surface area (TPSA) is 55.4 Å². The first-order chi connectivity index (χ1) is 5.70. The molecule has 2 radical (unpaired) electrons. The molecule has 0 aromatic heterocycles. The summed E-state index contributed by atoms with van der Waals surface area (Å²) in [4.78, 5) is 0. The zero-order valence-electron chi connectivity index (χ0n) is 6.97. The molecule has 1 aromatic carbocycles. The van der Waals surface area contributed by atoms with Crippen molar-refractivity contribution in [2.24, 2.45) is 0 Å². The second-order valence-electron chi connectivity index (χ2n) is 2.31. The van der Waals surface area contributed by atoms with Crippen LogP contribution < -0.4 is 5.46 Å². The third-order valence-corrected chi connectivity index (χ3v) is 1.62. The fourth-order valence-electron chi connectivity index (χ4n) is 1.00. The quantitative estimate of drug-likeness (QED) is 0.503. The van der Waals surface area contributed by atoms with E-state index in [0.29, 0.717) is 11.0 Å². The molecule has 0 saturated carbocycles. The van der Waals surface area contributed by atoms with Gasteiger partial charge in [0.1, 0.15) is 13.7 Å². The lowest BCUT2D eigenvalue weighted by atomic mass is 9.87. The van der Waals surface area contributed by atoms with Crippen LogP contribution in [0.15, 0.2) is 18.7 Å². The Morgan fingerprint density at radius 3 is 2.38 bits per heavy atom. The fraction of sp³-hybridized carbons (Fsp3) is 0. The second kappa shape index (κ2) is 4.57. The van der Waals surface area contributed by atoms with Crippen molar-refractivity contribution in [1.82, 2.24) is 0 Å². The molecule has 3 N–H and O–H groups in total. The standard InChI is InChI=1S/C9H7BFN.H2O/c1-2-6-7(5-12)9(11)4-3-8(6)10;/h2-5,12H,1H2;1H2. The molecule has 0 heterocycles. The van der Waals surface area contributed by atoms with E-state index in [9.17, 15) is 4.39 Å². The minimum atomic E-state index is -0.450. The SMILES string of the molecule is O.[B]c1ccc(F)c(C=N)c1C=C. The first-order valence-electron chi connectivity index (χ1n) is 3.41. The molecule has 0 atom stereocenters. The van der Waals surface area contributed by atoms with E-state index >= 15 is 0 Å². The van der Waals surface area contributed by atoms with Crippen LogP contribution >= 0.6 is 0 Å². The molecule has 0 spiro atoms. The lowest BCUT2D eigenvalue weighted by Crippen LogP contribution is -2.11. The van der Waals surface area contributed by atoms with Crippen LogP contribution in [-0.2, 0) is 0 Å². The molecule has 1 aromatic rings. The van der Waals surface area contributed by atoms with E-state index in [1.807, 2.05) is 0 Å². The van der Waals surface area contributed by atoms with Crippen molar-refractivity contribution in [1.29, 1.82) is 5.41 Å². The van der Waals surface area contributed by atoms with E-state index in [-0.39, 0.29) is 11.0 Å². The van der Waals surface area contributed by atoms with Crippen LogP contribution in [0, 0.1) is 11.2 Å². The molecule has 4 heteroatoms. The third kappa shape index (κ3) is 2.03. The smallest absolute Gasteiger partial charge is 0.132 e. The van der Waals surface area contributed by atoms with Gasteiger partial charge in [0.15, 0.2) is 0 Å². The minimum absolute atomic E-state index is 0. The molecule has 0 aliphatic rings.